The largest absolute Gasteiger partial charge is 0.493 e. The number of nitrogens with one attached hydrogen (secondary N) is 1. The number of hydrogen-bond donors (Lipinski definition) is 1. The predicted molar refractivity (Wildman–Crippen MR) is 105 cm³/mol. The SMILES string of the molecule is COc1cc(/C=N\n2c(=S)[nH]nc(C)c2=O)ccc1OCc1ccc(F)cc1. The Balaban J connectivity index is 1.79. The molecule has 0 aliphatic rings. The zero-order valence-electron chi connectivity index (χ0n) is 15.2. The molecule has 1 N–H and O–H groups in total. The maximum absolute atomic E-state index is 13.0. The van der Waals surface area contributed by atoms with E-state index >= 15 is 0 Å². The average molecular weight is 400 g/mol. The van der Waals surface area contributed by atoms with Crippen LogP contribution in [0, 0.1) is 17.5 Å². The molecule has 1 heterocycles. The monoisotopic (exact) mass is 400 g/mol. The highest BCUT2D eigenvalue weighted by atomic mass is 32.1. The Bertz CT molecular complexity index is 1120. The molecule has 1 aromatic heterocycles. The molecule has 0 radical (unpaired) electrons. The van der Waals surface area contributed by atoms with E-state index in [0.717, 1.165) is 10.2 Å². The van der Waals surface area contributed by atoms with Crippen LogP contribution in [0.25, 0.3) is 0 Å². The molecule has 0 fully saturated rings. The lowest BCUT2D eigenvalue weighted by Gasteiger charge is -2.11. The summed E-state index contributed by atoms with van der Waals surface area (Å²) < 4.78 is 25.2. The average Bonchev–Trinajstić information content (AvgIpc) is 2.70. The number of aryl methyl sites for hydroxylation is 1. The van der Waals surface area contributed by atoms with Gasteiger partial charge in [0.1, 0.15) is 18.1 Å². The van der Waals surface area contributed by atoms with E-state index in [-0.39, 0.29) is 22.9 Å². The van der Waals surface area contributed by atoms with Crippen molar-refractivity contribution >= 4 is 18.4 Å². The van der Waals surface area contributed by atoms with E-state index in [1.807, 2.05) is 0 Å². The second kappa shape index (κ2) is 8.57. The third-order valence-corrected chi connectivity index (χ3v) is 4.10. The first-order valence-electron chi connectivity index (χ1n) is 8.26. The van der Waals surface area contributed by atoms with Crippen molar-refractivity contribution in [2.24, 2.45) is 5.10 Å². The van der Waals surface area contributed by atoms with Crippen LogP contribution in [0.4, 0.5) is 4.39 Å². The van der Waals surface area contributed by atoms with Crippen LogP contribution in [-0.4, -0.2) is 28.2 Å². The van der Waals surface area contributed by atoms with Crippen LogP contribution in [0.5, 0.6) is 11.5 Å². The van der Waals surface area contributed by atoms with Gasteiger partial charge in [-0.2, -0.15) is 14.9 Å². The fourth-order valence-corrected chi connectivity index (χ4v) is 2.50. The molecule has 2 aromatic carbocycles. The number of nitrogens with zero attached hydrogens (tertiary/aromatic N) is 3. The van der Waals surface area contributed by atoms with Gasteiger partial charge < -0.3 is 9.47 Å². The van der Waals surface area contributed by atoms with Gasteiger partial charge in [0.05, 0.1) is 13.3 Å². The van der Waals surface area contributed by atoms with Gasteiger partial charge in [-0.05, 0) is 60.6 Å². The maximum atomic E-state index is 13.0. The van der Waals surface area contributed by atoms with Gasteiger partial charge in [-0.15, -0.1) is 0 Å². The molecular weight excluding hydrogens is 383 g/mol. The highest BCUT2D eigenvalue weighted by Gasteiger charge is 2.07. The third-order valence-electron chi connectivity index (χ3n) is 3.83. The number of hydrogen-bond acceptors (Lipinski definition) is 6. The number of ether oxygens (including phenoxy) is 2. The minimum Gasteiger partial charge on any atom is -0.493 e. The first-order valence-corrected chi connectivity index (χ1v) is 8.66. The molecule has 0 atom stereocenters. The molecule has 9 heteroatoms. The van der Waals surface area contributed by atoms with Gasteiger partial charge in [-0.1, -0.05) is 12.1 Å². The summed E-state index contributed by atoms with van der Waals surface area (Å²) in [5.74, 6) is 0.723. The maximum Gasteiger partial charge on any atom is 0.296 e. The van der Waals surface area contributed by atoms with Crippen LogP contribution in [0.15, 0.2) is 52.4 Å². The number of aromatic amines is 1. The second-order valence-electron chi connectivity index (χ2n) is 5.80. The van der Waals surface area contributed by atoms with Crippen molar-refractivity contribution in [3.05, 3.63) is 80.2 Å². The van der Waals surface area contributed by atoms with Crippen molar-refractivity contribution in [1.29, 1.82) is 0 Å². The Morgan fingerprint density at radius 1 is 1.25 bits per heavy atom. The standard InChI is InChI=1S/C19H17FN4O3S/c1-12-18(25)24(19(28)23-22-12)21-10-14-5-8-16(17(9-14)26-2)27-11-13-3-6-15(20)7-4-13/h3-10H,11H2,1-2H3,(H,23,28)/b21-10-. The topological polar surface area (TPSA) is 81.5 Å². The summed E-state index contributed by atoms with van der Waals surface area (Å²) in [6.45, 7) is 1.83. The first kappa shape index (κ1) is 19.4. The second-order valence-corrected chi connectivity index (χ2v) is 6.19. The summed E-state index contributed by atoms with van der Waals surface area (Å²) >= 11 is 5.04. The molecule has 3 aromatic rings. The van der Waals surface area contributed by atoms with E-state index in [0.29, 0.717) is 17.1 Å². The predicted octanol–water partition coefficient (Wildman–Crippen LogP) is 3.22. The summed E-state index contributed by atoms with van der Waals surface area (Å²) in [7, 11) is 1.52. The van der Waals surface area contributed by atoms with Crippen LogP contribution in [0.1, 0.15) is 16.8 Å². The molecule has 0 aliphatic heterocycles. The molecule has 0 unspecified atom stereocenters. The van der Waals surface area contributed by atoms with Gasteiger partial charge in [-0.3, -0.25) is 9.89 Å². The van der Waals surface area contributed by atoms with Crippen molar-refractivity contribution in [3.8, 4) is 11.5 Å². The molecule has 0 aliphatic carbocycles. The number of methoxy groups -OCH3 is 1. The van der Waals surface area contributed by atoms with Crippen LogP contribution in [0.3, 0.4) is 0 Å². The number of aromatic nitrogens is 3. The third kappa shape index (κ3) is 4.49. The quantitative estimate of drug-likeness (QED) is 0.508. The lowest BCUT2D eigenvalue weighted by atomic mass is 10.2. The van der Waals surface area contributed by atoms with E-state index in [1.54, 1.807) is 37.3 Å². The van der Waals surface area contributed by atoms with Gasteiger partial charge in [0.15, 0.2) is 11.5 Å². The molecular formula is C19H17FN4O3S. The van der Waals surface area contributed by atoms with Gasteiger partial charge in [-0.25, -0.2) is 4.39 Å². The molecule has 28 heavy (non-hydrogen) atoms. The van der Waals surface area contributed by atoms with E-state index < -0.39 is 5.56 Å². The molecule has 144 valence electrons. The van der Waals surface area contributed by atoms with Crippen LogP contribution >= 0.6 is 12.2 Å². The van der Waals surface area contributed by atoms with Crippen molar-refractivity contribution in [2.75, 3.05) is 7.11 Å². The minimum atomic E-state index is -0.397. The Kier molecular flexibility index (Phi) is 5.95. The molecule has 0 saturated heterocycles. The Hall–Kier alpha value is -3.33. The van der Waals surface area contributed by atoms with Gasteiger partial charge in [0.2, 0.25) is 4.77 Å². The highest BCUT2D eigenvalue weighted by Crippen LogP contribution is 2.28. The lowest BCUT2D eigenvalue weighted by Crippen LogP contribution is -2.22. The fraction of sp³-hybridized carbons (Fsp3) is 0.158. The smallest absolute Gasteiger partial charge is 0.296 e. The van der Waals surface area contributed by atoms with E-state index in [4.69, 9.17) is 21.7 Å². The molecule has 0 amide bonds. The molecule has 0 spiro atoms. The Labute approximate surface area is 165 Å². The summed E-state index contributed by atoms with van der Waals surface area (Å²) in [4.78, 5) is 12.1. The Morgan fingerprint density at radius 3 is 2.71 bits per heavy atom. The zero-order chi connectivity index (χ0) is 20.1. The van der Waals surface area contributed by atoms with Gasteiger partial charge >= 0.3 is 0 Å². The van der Waals surface area contributed by atoms with Crippen molar-refractivity contribution in [2.45, 2.75) is 13.5 Å². The molecule has 3 rings (SSSR count). The number of H-pyrrole nitrogens is 1. The summed E-state index contributed by atoms with van der Waals surface area (Å²) in [5, 5.41) is 10.5. The van der Waals surface area contributed by atoms with Crippen LogP contribution in [-0.2, 0) is 6.61 Å². The number of rotatable bonds is 6. The minimum absolute atomic E-state index is 0.0954. The van der Waals surface area contributed by atoms with Crippen LogP contribution < -0.4 is 15.0 Å². The van der Waals surface area contributed by atoms with E-state index in [9.17, 15) is 9.18 Å². The van der Waals surface area contributed by atoms with Crippen molar-refractivity contribution < 1.29 is 13.9 Å². The normalized spacial score (nSPS) is 11.0. The lowest BCUT2D eigenvalue weighted by molar-refractivity contribution is 0.284. The van der Waals surface area contributed by atoms with Crippen molar-refractivity contribution in [3.63, 3.8) is 0 Å². The number of halogens is 1. The molecule has 7 nitrogen and oxygen atoms in total. The fourth-order valence-electron chi connectivity index (χ4n) is 2.33. The summed E-state index contributed by atoms with van der Waals surface area (Å²) in [6.07, 6.45) is 1.48. The van der Waals surface area contributed by atoms with Gasteiger partial charge in [0, 0.05) is 0 Å². The Morgan fingerprint density at radius 2 is 2.00 bits per heavy atom. The zero-order valence-corrected chi connectivity index (χ0v) is 16.0. The molecule has 0 saturated carbocycles. The summed E-state index contributed by atoms with van der Waals surface area (Å²) in [6, 6.07) is 11.3. The van der Waals surface area contributed by atoms with E-state index in [1.165, 1.54) is 25.5 Å². The van der Waals surface area contributed by atoms with Gasteiger partial charge in [0.25, 0.3) is 5.56 Å². The highest BCUT2D eigenvalue weighted by molar-refractivity contribution is 7.71. The van der Waals surface area contributed by atoms with Crippen LogP contribution in [0.2, 0.25) is 0 Å². The summed E-state index contributed by atoms with van der Waals surface area (Å²) in [5.41, 5.74) is 1.37. The molecule has 0 bridgehead atoms. The number of benzene rings is 2. The first-order chi connectivity index (χ1) is 13.5. The van der Waals surface area contributed by atoms with Crippen molar-refractivity contribution in [1.82, 2.24) is 14.9 Å². The van der Waals surface area contributed by atoms with E-state index in [2.05, 4.69) is 15.3 Å².